The molecule has 1 aliphatic rings. The quantitative estimate of drug-likeness (QED) is 0.709. The number of benzene rings is 2. The number of nitrogens with zero attached hydrogens (tertiary/aromatic N) is 4. The van der Waals surface area contributed by atoms with E-state index in [9.17, 15) is 4.79 Å². The van der Waals surface area contributed by atoms with E-state index in [0.29, 0.717) is 23.7 Å². The van der Waals surface area contributed by atoms with Gasteiger partial charge in [-0.1, -0.05) is 41.9 Å². The van der Waals surface area contributed by atoms with Gasteiger partial charge in [0.25, 0.3) is 0 Å². The topological polar surface area (TPSA) is 62.5 Å². The van der Waals surface area contributed by atoms with E-state index in [4.69, 9.17) is 16.0 Å². The van der Waals surface area contributed by atoms with Gasteiger partial charge >= 0.3 is 11.8 Å². The van der Waals surface area contributed by atoms with E-state index in [0.717, 1.165) is 13.1 Å². The number of anilines is 1. The van der Waals surface area contributed by atoms with Crippen LogP contribution in [-0.2, 0) is 0 Å². The second-order valence-electron chi connectivity index (χ2n) is 6.01. The van der Waals surface area contributed by atoms with Gasteiger partial charge < -0.3 is 14.2 Å². The summed E-state index contributed by atoms with van der Waals surface area (Å²) in [4.78, 5) is 16.6. The number of rotatable bonds is 3. The molecule has 0 saturated carbocycles. The molecule has 1 aliphatic heterocycles. The minimum atomic E-state index is -0.247. The lowest BCUT2D eigenvalue weighted by Crippen LogP contribution is -2.48. The zero-order chi connectivity index (χ0) is 17.9. The molecule has 7 heteroatoms. The van der Waals surface area contributed by atoms with Gasteiger partial charge in [0, 0.05) is 31.9 Å². The van der Waals surface area contributed by atoms with Crippen LogP contribution in [0.25, 0.3) is 11.5 Å². The molecule has 6 nitrogen and oxygen atoms in total. The van der Waals surface area contributed by atoms with Crippen LogP contribution in [0.15, 0.2) is 59.0 Å². The van der Waals surface area contributed by atoms with E-state index in [-0.39, 0.29) is 17.7 Å². The van der Waals surface area contributed by atoms with E-state index < -0.39 is 0 Å². The van der Waals surface area contributed by atoms with Crippen molar-refractivity contribution in [1.82, 2.24) is 15.1 Å². The number of piperazine rings is 1. The predicted molar refractivity (Wildman–Crippen MR) is 99.3 cm³/mol. The van der Waals surface area contributed by atoms with Crippen LogP contribution in [0.1, 0.15) is 10.7 Å². The summed E-state index contributed by atoms with van der Waals surface area (Å²) >= 11 is 6.14. The highest BCUT2D eigenvalue weighted by Crippen LogP contribution is 2.26. The predicted octanol–water partition coefficient (Wildman–Crippen LogP) is 3.35. The van der Waals surface area contributed by atoms with E-state index in [1.165, 1.54) is 5.69 Å². The molecular formula is C19H17ClN4O2. The third-order valence-corrected chi connectivity index (χ3v) is 4.73. The van der Waals surface area contributed by atoms with Gasteiger partial charge in [-0.25, -0.2) is 0 Å². The summed E-state index contributed by atoms with van der Waals surface area (Å²) in [5.74, 6) is -0.00142. The van der Waals surface area contributed by atoms with E-state index in [1.54, 1.807) is 17.0 Å². The lowest BCUT2D eigenvalue weighted by atomic mass is 10.2. The number of carbonyl (C=O) groups excluding carboxylic acids is 1. The van der Waals surface area contributed by atoms with Crippen LogP contribution in [0.5, 0.6) is 0 Å². The molecule has 1 fully saturated rings. The van der Waals surface area contributed by atoms with Crippen molar-refractivity contribution >= 4 is 23.2 Å². The number of hydrogen-bond acceptors (Lipinski definition) is 5. The van der Waals surface area contributed by atoms with Gasteiger partial charge in [-0.05, 0) is 24.3 Å². The molecular weight excluding hydrogens is 352 g/mol. The van der Waals surface area contributed by atoms with Gasteiger partial charge in [-0.15, -0.1) is 10.2 Å². The van der Waals surface area contributed by atoms with Crippen molar-refractivity contribution in [3.8, 4) is 11.5 Å². The Kier molecular flexibility index (Phi) is 4.58. The Morgan fingerprint density at radius 1 is 0.923 bits per heavy atom. The molecule has 3 aromatic rings. The summed E-state index contributed by atoms with van der Waals surface area (Å²) in [5.41, 5.74) is 1.79. The summed E-state index contributed by atoms with van der Waals surface area (Å²) in [6, 6.07) is 17.3. The SMILES string of the molecule is O=C(c1nnc(-c2ccccc2Cl)o1)N1CCN(c2ccccc2)CC1. The van der Waals surface area contributed by atoms with Crippen molar-refractivity contribution in [3.05, 3.63) is 65.5 Å². The lowest BCUT2D eigenvalue weighted by Gasteiger charge is -2.35. The summed E-state index contributed by atoms with van der Waals surface area (Å²) in [7, 11) is 0. The normalized spacial score (nSPS) is 14.5. The zero-order valence-corrected chi connectivity index (χ0v) is 14.8. The minimum Gasteiger partial charge on any atom is -0.412 e. The fourth-order valence-corrected chi connectivity index (χ4v) is 3.21. The molecule has 2 aromatic carbocycles. The summed E-state index contributed by atoms with van der Waals surface area (Å²) in [5, 5.41) is 8.38. The molecule has 0 radical (unpaired) electrons. The smallest absolute Gasteiger partial charge is 0.311 e. The van der Waals surface area contributed by atoms with Crippen LogP contribution < -0.4 is 4.90 Å². The van der Waals surface area contributed by atoms with Crippen LogP contribution >= 0.6 is 11.6 Å². The molecule has 0 atom stereocenters. The van der Waals surface area contributed by atoms with Crippen LogP contribution in [-0.4, -0.2) is 47.2 Å². The number of para-hydroxylation sites is 1. The van der Waals surface area contributed by atoms with Crippen LogP contribution in [0.4, 0.5) is 5.69 Å². The van der Waals surface area contributed by atoms with E-state index in [1.807, 2.05) is 30.3 Å². The average Bonchev–Trinajstić information content (AvgIpc) is 3.18. The van der Waals surface area contributed by atoms with Crippen molar-refractivity contribution in [1.29, 1.82) is 0 Å². The molecule has 0 spiro atoms. The molecule has 132 valence electrons. The number of carbonyl (C=O) groups is 1. The Bertz CT molecular complexity index is 905. The maximum Gasteiger partial charge on any atom is 0.311 e. The zero-order valence-electron chi connectivity index (χ0n) is 14.0. The van der Waals surface area contributed by atoms with E-state index in [2.05, 4.69) is 27.2 Å². The van der Waals surface area contributed by atoms with Gasteiger partial charge in [0.2, 0.25) is 5.89 Å². The molecule has 4 rings (SSSR count). The number of halogens is 1. The number of hydrogen-bond donors (Lipinski definition) is 0. The maximum absolute atomic E-state index is 12.7. The molecule has 1 aromatic heterocycles. The molecule has 0 aliphatic carbocycles. The molecule has 0 bridgehead atoms. The highest BCUT2D eigenvalue weighted by atomic mass is 35.5. The highest BCUT2D eigenvalue weighted by molar-refractivity contribution is 6.33. The monoisotopic (exact) mass is 368 g/mol. The first-order valence-electron chi connectivity index (χ1n) is 8.40. The molecule has 2 heterocycles. The standard InChI is InChI=1S/C19H17ClN4O2/c20-16-9-5-4-8-15(16)17-21-22-18(26-17)19(25)24-12-10-23(11-13-24)14-6-2-1-3-7-14/h1-9H,10-13H2. The molecule has 0 N–H and O–H groups in total. The van der Waals surface area contributed by atoms with E-state index >= 15 is 0 Å². The van der Waals surface area contributed by atoms with Crippen molar-refractivity contribution < 1.29 is 9.21 Å². The van der Waals surface area contributed by atoms with Gasteiger partial charge in [0.1, 0.15) is 0 Å². The second-order valence-corrected chi connectivity index (χ2v) is 6.41. The van der Waals surface area contributed by atoms with Crippen molar-refractivity contribution in [2.45, 2.75) is 0 Å². The number of amides is 1. The van der Waals surface area contributed by atoms with Crippen LogP contribution in [0.3, 0.4) is 0 Å². The number of aromatic nitrogens is 2. The van der Waals surface area contributed by atoms with Gasteiger partial charge in [0.15, 0.2) is 0 Å². The van der Waals surface area contributed by atoms with Crippen LogP contribution in [0.2, 0.25) is 5.02 Å². The Balaban J connectivity index is 1.44. The molecule has 0 unspecified atom stereocenters. The van der Waals surface area contributed by atoms with Crippen molar-refractivity contribution in [2.24, 2.45) is 0 Å². The lowest BCUT2D eigenvalue weighted by molar-refractivity contribution is 0.0707. The van der Waals surface area contributed by atoms with Crippen molar-refractivity contribution in [3.63, 3.8) is 0 Å². The van der Waals surface area contributed by atoms with Crippen LogP contribution in [0, 0.1) is 0 Å². The summed E-state index contributed by atoms with van der Waals surface area (Å²) in [6.07, 6.45) is 0. The first kappa shape index (κ1) is 16.6. The Morgan fingerprint density at radius 2 is 1.62 bits per heavy atom. The Labute approximate surface area is 156 Å². The summed E-state index contributed by atoms with van der Waals surface area (Å²) in [6.45, 7) is 2.75. The molecule has 26 heavy (non-hydrogen) atoms. The maximum atomic E-state index is 12.7. The molecule has 1 amide bonds. The fraction of sp³-hybridized carbons (Fsp3) is 0.211. The Hall–Kier alpha value is -2.86. The Morgan fingerprint density at radius 3 is 2.35 bits per heavy atom. The first-order chi connectivity index (χ1) is 12.7. The highest BCUT2D eigenvalue weighted by Gasteiger charge is 2.26. The average molecular weight is 369 g/mol. The minimum absolute atomic E-state index is 0.00641. The first-order valence-corrected chi connectivity index (χ1v) is 8.78. The second kappa shape index (κ2) is 7.17. The largest absolute Gasteiger partial charge is 0.412 e. The summed E-state index contributed by atoms with van der Waals surface area (Å²) < 4.78 is 5.57. The fourth-order valence-electron chi connectivity index (χ4n) is 2.99. The van der Waals surface area contributed by atoms with Gasteiger partial charge in [-0.2, -0.15) is 0 Å². The molecule has 1 saturated heterocycles. The van der Waals surface area contributed by atoms with Gasteiger partial charge in [-0.3, -0.25) is 4.79 Å². The third kappa shape index (κ3) is 3.28. The third-order valence-electron chi connectivity index (χ3n) is 4.40. The van der Waals surface area contributed by atoms with Crippen molar-refractivity contribution in [2.75, 3.05) is 31.1 Å². The van der Waals surface area contributed by atoms with Gasteiger partial charge in [0.05, 0.1) is 10.6 Å².